The molecule has 0 unspecified atom stereocenters. The van der Waals surface area contributed by atoms with Crippen molar-refractivity contribution in [2.24, 2.45) is 0 Å². The predicted molar refractivity (Wildman–Crippen MR) is 120 cm³/mol. The fraction of sp³-hybridized carbons (Fsp3) is 0.250. The van der Waals surface area contributed by atoms with Crippen molar-refractivity contribution in [1.29, 1.82) is 0 Å². The number of fused-ring (bicyclic) bond motifs is 1. The summed E-state index contributed by atoms with van der Waals surface area (Å²) in [4.78, 5) is 21.4. The lowest BCUT2D eigenvalue weighted by atomic mass is 9.96. The molecule has 6 nitrogen and oxygen atoms in total. The first-order valence-electron chi connectivity index (χ1n) is 10.3. The van der Waals surface area contributed by atoms with Gasteiger partial charge in [-0.2, -0.15) is 0 Å². The number of hydrogen-bond donors (Lipinski definition) is 2. The van der Waals surface area contributed by atoms with Crippen LogP contribution in [-0.4, -0.2) is 49.0 Å². The summed E-state index contributed by atoms with van der Waals surface area (Å²) in [7, 11) is 2.17. The number of nitrogens with one attached hydrogen (secondary N) is 2. The number of rotatable bonds is 4. The van der Waals surface area contributed by atoms with E-state index in [2.05, 4.69) is 62.8 Å². The average molecular weight is 399 g/mol. The highest BCUT2D eigenvalue weighted by molar-refractivity contribution is 6.06. The molecule has 3 aromatic rings. The number of carbonyl (C=O) groups excluding carboxylic acids is 1. The number of carbonyl (C=O) groups is 1. The summed E-state index contributed by atoms with van der Waals surface area (Å²) < 4.78 is 0. The number of anilines is 3. The number of amides is 1. The smallest absolute Gasteiger partial charge is 0.254 e. The van der Waals surface area contributed by atoms with E-state index in [0.717, 1.165) is 59.8 Å². The summed E-state index contributed by atoms with van der Waals surface area (Å²) in [6, 6.07) is 16.5. The summed E-state index contributed by atoms with van der Waals surface area (Å²) in [5.41, 5.74) is 6.96. The minimum absolute atomic E-state index is 0.0301. The van der Waals surface area contributed by atoms with Crippen LogP contribution in [0.1, 0.15) is 15.9 Å². The van der Waals surface area contributed by atoms with Crippen LogP contribution in [0.4, 0.5) is 17.1 Å². The number of likely N-dealkylation sites (N-methyl/N-ethyl adjacent to an activating group) is 1. The van der Waals surface area contributed by atoms with Gasteiger partial charge in [0.05, 0.1) is 11.3 Å². The zero-order valence-electron chi connectivity index (χ0n) is 17.1. The molecule has 3 heterocycles. The molecular formula is C24H25N5O. The summed E-state index contributed by atoms with van der Waals surface area (Å²) >= 11 is 0. The third-order valence-corrected chi connectivity index (χ3v) is 5.97. The Balaban J connectivity index is 1.40. The zero-order chi connectivity index (χ0) is 20.5. The fourth-order valence-electron chi connectivity index (χ4n) is 4.23. The molecule has 2 aliphatic rings. The van der Waals surface area contributed by atoms with E-state index in [1.165, 1.54) is 5.69 Å². The van der Waals surface area contributed by atoms with Crippen molar-refractivity contribution in [3.63, 3.8) is 0 Å². The molecule has 0 bridgehead atoms. The Morgan fingerprint density at radius 1 is 0.933 bits per heavy atom. The van der Waals surface area contributed by atoms with Crippen LogP contribution in [0, 0.1) is 0 Å². The molecule has 1 amide bonds. The fourth-order valence-corrected chi connectivity index (χ4v) is 4.23. The molecule has 0 spiro atoms. The van der Waals surface area contributed by atoms with Gasteiger partial charge in [0.2, 0.25) is 0 Å². The third kappa shape index (κ3) is 3.50. The lowest BCUT2D eigenvalue weighted by Gasteiger charge is -2.34. The number of pyridine rings is 1. The van der Waals surface area contributed by atoms with E-state index in [-0.39, 0.29) is 5.91 Å². The Morgan fingerprint density at radius 3 is 2.40 bits per heavy atom. The molecule has 0 aliphatic carbocycles. The van der Waals surface area contributed by atoms with Gasteiger partial charge in [0.15, 0.2) is 0 Å². The Bertz CT molecular complexity index is 1060. The van der Waals surface area contributed by atoms with Crippen molar-refractivity contribution in [2.45, 2.75) is 6.54 Å². The van der Waals surface area contributed by atoms with E-state index in [4.69, 9.17) is 0 Å². The van der Waals surface area contributed by atoms with Crippen LogP contribution in [-0.2, 0) is 6.54 Å². The van der Waals surface area contributed by atoms with Crippen LogP contribution in [0.3, 0.4) is 0 Å². The molecule has 5 rings (SSSR count). The minimum Gasteiger partial charge on any atom is -0.369 e. The number of piperazine rings is 1. The van der Waals surface area contributed by atoms with Crippen LogP contribution in [0.2, 0.25) is 0 Å². The molecule has 152 valence electrons. The molecular weight excluding hydrogens is 374 g/mol. The molecule has 2 aromatic carbocycles. The van der Waals surface area contributed by atoms with E-state index in [1.54, 1.807) is 12.4 Å². The molecule has 30 heavy (non-hydrogen) atoms. The van der Waals surface area contributed by atoms with Crippen molar-refractivity contribution in [3.05, 3.63) is 72.1 Å². The average Bonchev–Trinajstić information content (AvgIpc) is 3.18. The van der Waals surface area contributed by atoms with Gasteiger partial charge in [-0.05, 0) is 66.2 Å². The van der Waals surface area contributed by atoms with Gasteiger partial charge in [-0.3, -0.25) is 9.78 Å². The Kier molecular flexibility index (Phi) is 4.85. The van der Waals surface area contributed by atoms with Crippen molar-refractivity contribution >= 4 is 23.0 Å². The molecule has 2 N–H and O–H groups in total. The summed E-state index contributed by atoms with van der Waals surface area (Å²) in [5.74, 6) is -0.0301. The summed E-state index contributed by atoms with van der Waals surface area (Å²) in [6.45, 7) is 4.82. The van der Waals surface area contributed by atoms with Gasteiger partial charge in [-0.25, -0.2) is 0 Å². The lowest BCUT2D eigenvalue weighted by Crippen LogP contribution is -2.44. The first-order valence-corrected chi connectivity index (χ1v) is 10.3. The standard InChI is InChI=1S/C24H25N5O/c1-28-12-14-29(15-13-28)19-4-2-18(3-5-19)27-22-7-6-20(17-8-10-25-11-9-17)21-16-26-24(30)23(21)22/h2-11,27H,12-16H2,1H3,(H,26,30). The second-order valence-electron chi connectivity index (χ2n) is 7.90. The van der Waals surface area contributed by atoms with Crippen LogP contribution >= 0.6 is 0 Å². The Morgan fingerprint density at radius 2 is 1.67 bits per heavy atom. The zero-order valence-corrected chi connectivity index (χ0v) is 17.1. The van der Waals surface area contributed by atoms with Gasteiger partial charge in [0, 0.05) is 56.5 Å². The second-order valence-corrected chi connectivity index (χ2v) is 7.90. The monoisotopic (exact) mass is 399 g/mol. The van der Waals surface area contributed by atoms with Gasteiger partial charge in [0.1, 0.15) is 0 Å². The highest BCUT2D eigenvalue weighted by atomic mass is 16.1. The quantitative estimate of drug-likeness (QED) is 0.703. The molecule has 0 saturated carbocycles. The minimum atomic E-state index is -0.0301. The Labute approximate surface area is 176 Å². The summed E-state index contributed by atoms with van der Waals surface area (Å²) in [6.07, 6.45) is 3.56. The molecule has 0 atom stereocenters. The van der Waals surface area contributed by atoms with E-state index in [9.17, 15) is 4.79 Å². The van der Waals surface area contributed by atoms with E-state index < -0.39 is 0 Å². The van der Waals surface area contributed by atoms with Gasteiger partial charge in [-0.1, -0.05) is 6.07 Å². The third-order valence-electron chi connectivity index (χ3n) is 5.97. The molecule has 2 aliphatic heterocycles. The topological polar surface area (TPSA) is 60.5 Å². The molecule has 0 radical (unpaired) electrons. The van der Waals surface area contributed by atoms with Crippen molar-refractivity contribution in [3.8, 4) is 11.1 Å². The van der Waals surface area contributed by atoms with Crippen LogP contribution < -0.4 is 15.5 Å². The largest absolute Gasteiger partial charge is 0.369 e. The van der Waals surface area contributed by atoms with Crippen molar-refractivity contribution < 1.29 is 4.79 Å². The van der Waals surface area contributed by atoms with E-state index in [1.807, 2.05) is 18.2 Å². The van der Waals surface area contributed by atoms with E-state index in [0.29, 0.717) is 6.54 Å². The lowest BCUT2D eigenvalue weighted by molar-refractivity contribution is 0.0966. The normalized spacial score (nSPS) is 16.3. The second kappa shape index (κ2) is 7.80. The number of benzene rings is 2. The molecule has 1 fully saturated rings. The van der Waals surface area contributed by atoms with Gasteiger partial charge in [0.25, 0.3) is 5.91 Å². The van der Waals surface area contributed by atoms with Gasteiger partial charge in [-0.15, -0.1) is 0 Å². The van der Waals surface area contributed by atoms with Crippen LogP contribution in [0.15, 0.2) is 60.9 Å². The SMILES string of the molecule is CN1CCN(c2ccc(Nc3ccc(-c4ccncc4)c4c3C(=O)NC4)cc2)CC1. The first kappa shape index (κ1) is 18.6. The van der Waals surface area contributed by atoms with Crippen LogP contribution in [0.25, 0.3) is 11.1 Å². The van der Waals surface area contributed by atoms with Gasteiger partial charge < -0.3 is 20.4 Å². The maximum Gasteiger partial charge on any atom is 0.254 e. The predicted octanol–water partition coefficient (Wildman–Crippen LogP) is 3.49. The maximum absolute atomic E-state index is 12.6. The highest BCUT2D eigenvalue weighted by Crippen LogP contribution is 2.35. The highest BCUT2D eigenvalue weighted by Gasteiger charge is 2.26. The van der Waals surface area contributed by atoms with Crippen LogP contribution in [0.5, 0.6) is 0 Å². The Hall–Kier alpha value is -3.38. The van der Waals surface area contributed by atoms with Crippen molar-refractivity contribution in [1.82, 2.24) is 15.2 Å². The number of aromatic nitrogens is 1. The maximum atomic E-state index is 12.6. The summed E-state index contributed by atoms with van der Waals surface area (Å²) in [5, 5.41) is 6.42. The molecule has 1 aromatic heterocycles. The molecule has 1 saturated heterocycles. The first-order chi connectivity index (χ1) is 14.7. The van der Waals surface area contributed by atoms with Gasteiger partial charge >= 0.3 is 0 Å². The number of nitrogens with zero attached hydrogens (tertiary/aromatic N) is 3. The van der Waals surface area contributed by atoms with Crippen molar-refractivity contribution in [2.75, 3.05) is 43.4 Å². The molecule has 6 heteroatoms. The number of hydrogen-bond acceptors (Lipinski definition) is 5. The van der Waals surface area contributed by atoms with E-state index >= 15 is 0 Å².